The van der Waals surface area contributed by atoms with Gasteiger partial charge in [-0.15, -0.1) is 0 Å². The molecule has 52 heavy (non-hydrogen) atoms. The lowest BCUT2D eigenvalue weighted by Gasteiger charge is -2.56. The van der Waals surface area contributed by atoms with E-state index in [1.807, 2.05) is 66.7 Å². The van der Waals surface area contributed by atoms with Crippen molar-refractivity contribution in [3.8, 4) is 0 Å². The lowest BCUT2D eigenvalue weighted by Crippen LogP contribution is -2.60. The third-order valence-electron chi connectivity index (χ3n) is 13.0. The predicted octanol–water partition coefficient (Wildman–Crippen LogP) is 6.24. The number of para-hydroxylation sites is 1. The van der Waals surface area contributed by atoms with Crippen LogP contribution in [-0.4, -0.2) is 65.4 Å². The van der Waals surface area contributed by atoms with Crippen molar-refractivity contribution in [3.05, 3.63) is 95.6 Å². The number of amides is 3. The lowest BCUT2D eigenvalue weighted by molar-refractivity contribution is -0.253. The van der Waals surface area contributed by atoms with Gasteiger partial charge < -0.3 is 40.3 Å². The van der Waals surface area contributed by atoms with Crippen molar-refractivity contribution in [2.45, 2.75) is 94.0 Å². The van der Waals surface area contributed by atoms with Crippen LogP contribution in [0.1, 0.15) is 86.9 Å². The Labute approximate surface area is 306 Å². The number of ether oxygens (including phenoxy) is 2. The molecule has 4 N–H and O–H groups in total. The van der Waals surface area contributed by atoms with Gasteiger partial charge in [0.2, 0.25) is 5.91 Å². The molecule has 10 rings (SSSR count). The fourth-order valence-corrected chi connectivity index (χ4v) is 10.8. The molecule has 3 unspecified atom stereocenters. The molecule has 7 aliphatic rings. The zero-order chi connectivity index (χ0) is 35.3. The summed E-state index contributed by atoms with van der Waals surface area (Å²) in [5.41, 5.74) is 4.06. The Morgan fingerprint density at radius 3 is 2.13 bits per heavy atom. The molecule has 3 atom stereocenters. The van der Waals surface area contributed by atoms with Crippen molar-refractivity contribution in [2.24, 2.45) is 17.8 Å². The van der Waals surface area contributed by atoms with E-state index in [-0.39, 0.29) is 36.3 Å². The van der Waals surface area contributed by atoms with Gasteiger partial charge in [-0.25, -0.2) is 4.79 Å². The average molecular weight is 706 g/mol. The van der Waals surface area contributed by atoms with Crippen molar-refractivity contribution in [1.29, 1.82) is 0 Å². The summed E-state index contributed by atoms with van der Waals surface area (Å²) in [6.45, 7) is 2.86. The molecule has 3 aliphatic heterocycles. The van der Waals surface area contributed by atoms with Gasteiger partial charge in [-0.3, -0.25) is 4.79 Å². The summed E-state index contributed by atoms with van der Waals surface area (Å²) < 4.78 is 13.3. The summed E-state index contributed by atoms with van der Waals surface area (Å²) in [5, 5.41) is 19.2. The maximum absolute atomic E-state index is 13.3. The van der Waals surface area contributed by atoms with Crippen molar-refractivity contribution in [2.75, 3.05) is 36.5 Å². The van der Waals surface area contributed by atoms with Crippen LogP contribution in [0.4, 0.5) is 16.2 Å². The largest absolute Gasteiger partial charge is 0.392 e. The van der Waals surface area contributed by atoms with Gasteiger partial charge in [0.05, 0.1) is 25.5 Å². The average Bonchev–Trinajstić information content (AvgIpc) is 3.46. The maximum atomic E-state index is 13.3. The number of aliphatic hydroxyl groups is 1. The second-order valence-electron chi connectivity index (χ2n) is 16.5. The maximum Gasteiger partial charge on any atom is 0.319 e. The Kier molecular flexibility index (Phi) is 8.97. The molecule has 4 aliphatic carbocycles. The number of hydrogen-bond donors (Lipinski definition) is 4. The normalized spacial score (nSPS) is 32.2. The Morgan fingerprint density at radius 1 is 0.827 bits per heavy atom. The van der Waals surface area contributed by atoms with E-state index in [0.29, 0.717) is 13.1 Å². The van der Waals surface area contributed by atoms with E-state index in [1.54, 1.807) is 0 Å². The third kappa shape index (κ3) is 6.59. The van der Waals surface area contributed by atoms with Gasteiger partial charge >= 0.3 is 6.03 Å². The van der Waals surface area contributed by atoms with Gasteiger partial charge in [0, 0.05) is 48.5 Å². The number of aliphatic hydroxyl groups excluding tert-OH is 1. The second-order valence-corrected chi connectivity index (χ2v) is 16.5. The molecule has 1 spiro atoms. The summed E-state index contributed by atoms with van der Waals surface area (Å²) in [4.78, 5) is 31.2. The number of carbonyl (C=O) groups excluding carboxylic acids is 2. The number of nitrogens with one attached hydrogen (secondary N) is 3. The van der Waals surface area contributed by atoms with Crippen LogP contribution in [0.15, 0.2) is 78.9 Å². The smallest absolute Gasteiger partial charge is 0.319 e. The van der Waals surface area contributed by atoms with Gasteiger partial charge in [-0.1, -0.05) is 54.6 Å². The zero-order valence-electron chi connectivity index (χ0n) is 29.8. The van der Waals surface area contributed by atoms with E-state index >= 15 is 0 Å². The number of nitrogens with zero attached hydrogens (tertiary/aromatic N) is 2. The lowest BCUT2D eigenvalue weighted by atomic mass is 9.53. The number of anilines is 2. The number of rotatable bonds is 8. The van der Waals surface area contributed by atoms with Crippen LogP contribution in [-0.2, 0) is 20.9 Å². The molecular weight excluding hydrogens is 654 g/mol. The van der Waals surface area contributed by atoms with Crippen LogP contribution in [0, 0.1) is 17.8 Å². The molecule has 4 bridgehead atoms. The first-order valence-electron chi connectivity index (χ1n) is 19.4. The summed E-state index contributed by atoms with van der Waals surface area (Å²) >= 11 is 0. The molecule has 3 heterocycles. The minimum absolute atomic E-state index is 0.00269. The quantitative estimate of drug-likeness (QED) is 0.219. The summed E-state index contributed by atoms with van der Waals surface area (Å²) in [5.74, 6) is 2.43. The van der Waals surface area contributed by atoms with Crippen molar-refractivity contribution < 1.29 is 24.2 Å². The fraction of sp³-hybridized carbons (Fsp3) is 0.524. The van der Waals surface area contributed by atoms with E-state index in [1.165, 1.54) is 19.3 Å². The van der Waals surface area contributed by atoms with Gasteiger partial charge in [0.15, 0.2) is 6.29 Å². The Morgan fingerprint density at radius 2 is 1.48 bits per heavy atom. The summed E-state index contributed by atoms with van der Waals surface area (Å²) in [6.07, 6.45) is 8.70. The topological polar surface area (TPSA) is 115 Å². The van der Waals surface area contributed by atoms with Crippen LogP contribution in [0.5, 0.6) is 0 Å². The number of urea groups is 1. The zero-order valence-corrected chi connectivity index (χ0v) is 29.8. The number of carbonyl (C=O) groups is 2. The SMILES string of the molecule is O=C(Nc1ccc(C2OC(CN3CCC4(CC3)C(=O)NCN4c3ccccc3)CC(c3ccc(CO)cc3)O2)cc1)NC12CC3CC(CC(C3)C1)C2. The first kappa shape index (κ1) is 33.8. The molecule has 4 saturated carbocycles. The highest BCUT2D eigenvalue weighted by molar-refractivity contribution is 5.93. The van der Waals surface area contributed by atoms with Crippen molar-refractivity contribution in [3.63, 3.8) is 0 Å². The minimum atomic E-state index is -0.582. The molecule has 0 radical (unpaired) electrons. The van der Waals surface area contributed by atoms with Gasteiger partial charge in [-0.2, -0.15) is 0 Å². The molecule has 3 amide bonds. The highest BCUT2D eigenvalue weighted by Crippen LogP contribution is 2.55. The predicted molar refractivity (Wildman–Crippen MR) is 198 cm³/mol. The Bertz CT molecular complexity index is 1710. The van der Waals surface area contributed by atoms with Crippen LogP contribution in [0.3, 0.4) is 0 Å². The molecule has 274 valence electrons. The highest BCUT2D eigenvalue weighted by Gasteiger charge is 2.52. The second kappa shape index (κ2) is 13.8. The first-order valence-corrected chi connectivity index (χ1v) is 19.4. The van der Waals surface area contributed by atoms with Crippen LogP contribution >= 0.6 is 0 Å². The number of hydrogen-bond acceptors (Lipinski definition) is 7. The molecule has 3 saturated heterocycles. The monoisotopic (exact) mass is 705 g/mol. The van der Waals surface area contributed by atoms with Crippen molar-refractivity contribution >= 4 is 23.3 Å². The van der Waals surface area contributed by atoms with Gasteiger partial charge in [0.25, 0.3) is 0 Å². The van der Waals surface area contributed by atoms with E-state index in [9.17, 15) is 14.7 Å². The van der Waals surface area contributed by atoms with E-state index in [0.717, 1.165) is 97.6 Å². The summed E-state index contributed by atoms with van der Waals surface area (Å²) in [7, 11) is 0. The third-order valence-corrected chi connectivity index (χ3v) is 13.0. The molecule has 10 nitrogen and oxygen atoms in total. The fourth-order valence-electron chi connectivity index (χ4n) is 10.8. The molecule has 3 aromatic carbocycles. The Hall–Kier alpha value is -3.96. The number of likely N-dealkylation sites (tertiary alicyclic amines) is 1. The van der Waals surface area contributed by atoms with Crippen LogP contribution in [0.2, 0.25) is 0 Å². The van der Waals surface area contributed by atoms with E-state index < -0.39 is 11.8 Å². The van der Waals surface area contributed by atoms with Gasteiger partial charge in [0.1, 0.15) is 5.54 Å². The molecule has 3 aromatic rings. The minimum Gasteiger partial charge on any atom is -0.392 e. The highest BCUT2D eigenvalue weighted by atomic mass is 16.7. The number of benzene rings is 3. The molecule has 7 fully saturated rings. The van der Waals surface area contributed by atoms with E-state index in [2.05, 4.69) is 37.9 Å². The van der Waals surface area contributed by atoms with E-state index in [4.69, 9.17) is 9.47 Å². The Balaban J connectivity index is 0.867. The molecule has 0 aromatic heterocycles. The number of piperidine rings is 1. The van der Waals surface area contributed by atoms with Gasteiger partial charge in [-0.05, 0) is 105 Å². The standard InChI is InChI=1S/C42H51N5O5/c48-26-28-6-8-32(9-7-28)37-21-36(25-46-16-14-42(15-17-46)39(49)43-27-47(42)35-4-2-1-3-5-35)51-38(52-37)33-10-12-34(13-11-33)44-40(50)45-41-22-29-18-30(23-41)20-31(19-29)24-41/h1-13,29-31,36-38,48H,14-27H2,(H,43,49)(H2,44,45,50). The summed E-state index contributed by atoms with van der Waals surface area (Å²) in [6, 6.07) is 25.9. The molecular formula is C42H51N5O5. The molecule has 10 heteroatoms. The van der Waals surface area contributed by atoms with Crippen LogP contribution in [0.25, 0.3) is 0 Å². The first-order chi connectivity index (χ1) is 25.3. The van der Waals surface area contributed by atoms with Crippen molar-refractivity contribution in [1.82, 2.24) is 15.5 Å². The van der Waals surface area contributed by atoms with Crippen LogP contribution < -0.4 is 20.9 Å².